The van der Waals surface area contributed by atoms with Gasteiger partial charge in [-0.05, 0) is 79.1 Å². The van der Waals surface area contributed by atoms with Crippen molar-refractivity contribution in [2.24, 2.45) is 11.8 Å². The van der Waals surface area contributed by atoms with E-state index >= 15 is 0 Å². The van der Waals surface area contributed by atoms with E-state index in [1.807, 2.05) is 6.07 Å². The average molecular weight is 509 g/mol. The van der Waals surface area contributed by atoms with Gasteiger partial charge >= 0.3 is 6.18 Å². The van der Waals surface area contributed by atoms with Crippen LogP contribution in [0.15, 0.2) is 54.6 Å². The second kappa shape index (κ2) is 10.3. The summed E-state index contributed by atoms with van der Waals surface area (Å²) < 4.78 is 53.2. The van der Waals surface area contributed by atoms with Crippen LogP contribution in [-0.4, -0.2) is 33.1 Å². The average Bonchev–Trinajstić information content (AvgIpc) is 3.31. The standard InChI is InChI=1S/C25H25ClF4N4O/c1-15-11-21(34(26)24(35)17-3-2-4-19(12-17)25(28,29)30)10-7-18(15)14-31-23-13-22(32-33-23)16-5-8-20(27)9-6-16/h2-6,8-9,12-13,15,18,21H,7,10-11,14H2,1H3,(H2,31,32,33)/t15-,18+,21-/m0/s1. The number of halogens is 5. The molecule has 0 saturated heterocycles. The fourth-order valence-electron chi connectivity index (χ4n) is 4.48. The van der Waals surface area contributed by atoms with Crippen molar-refractivity contribution in [3.8, 4) is 11.3 Å². The third kappa shape index (κ3) is 5.96. The number of carbonyl (C=O) groups is 1. The molecule has 0 unspecified atom stereocenters. The summed E-state index contributed by atoms with van der Waals surface area (Å²) in [5.74, 6) is 0.287. The van der Waals surface area contributed by atoms with Gasteiger partial charge in [0, 0.05) is 36.0 Å². The number of rotatable bonds is 6. The number of nitrogens with zero attached hydrogens (tertiary/aromatic N) is 2. The molecular formula is C25H25ClF4N4O. The lowest BCUT2D eigenvalue weighted by atomic mass is 9.78. The number of aromatic nitrogens is 2. The summed E-state index contributed by atoms with van der Waals surface area (Å²) in [5.41, 5.74) is 0.642. The number of alkyl halides is 3. The van der Waals surface area contributed by atoms with Crippen molar-refractivity contribution in [1.29, 1.82) is 0 Å². The molecular weight excluding hydrogens is 484 g/mol. The first-order chi connectivity index (χ1) is 16.6. The summed E-state index contributed by atoms with van der Waals surface area (Å²) in [6, 6.07) is 12.0. The summed E-state index contributed by atoms with van der Waals surface area (Å²) in [5, 5.41) is 10.5. The molecule has 1 saturated carbocycles. The summed E-state index contributed by atoms with van der Waals surface area (Å²) in [6.07, 6.45) is -2.44. The van der Waals surface area contributed by atoms with Gasteiger partial charge in [-0.25, -0.2) is 8.81 Å². The van der Waals surface area contributed by atoms with Gasteiger partial charge in [0.2, 0.25) is 0 Å². The van der Waals surface area contributed by atoms with Crippen molar-refractivity contribution in [2.75, 3.05) is 11.9 Å². The quantitative estimate of drug-likeness (QED) is 0.286. The van der Waals surface area contributed by atoms with Gasteiger partial charge in [-0.2, -0.15) is 18.3 Å². The number of amides is 1. The monoisotopic (exact) mass is 508 g/mol. The van der Waals surface area contributed by atoms with E-state index in [-0.39, 0.29) is 23.3 Å². The minimum Gasteiger partial charge on any atom is -0.368 e. The molecule has 0 radical (unpaired) electrons. The maximum absolute atomic E-state index is 13.1. The highest BCUT2D eigenvalue weighted by molar-refractivity contribution is 6.24. The number of carbonyl (C=O) groups excluding carboxylic acids is 1. The molecule has 1 fully saturated rings. The Kier molecular flexibility index (Phi) is 7.35. The van der Waals surface area contributed by atoms with Crippen molar-refractivity contribution >= 4 is 23.5 Å². The van der Waals surface area contributed by atoms with Gasteiger partial charge in [0.1, 0.15) is 11.6 Å². The van der Waals surface area contributed by atoms with E-state index in [1.54, 1.807) is 12.1 Å². The molecule has 2 N–H and O–H groups in total. The molecule has 4 rings (SSSR count). The van der Waals surface area contributed by atoms with Crippen molar-refractivity contribution in [1.82, 2.24) is 14.6 Å². The largest absolute Gasteiger partial charge is 0.416 e. The van der Waals surface area contributed by atoms with Gasteiger partial charge < -0.3 is 5.32 Å². The second-order valence-corrected chi connectivity index (χ2v) is 9.32. The van der Waals surface area contributed by atoms with E-state index in [0.717, 1.165) is 34.2 Å². The third-order valence-electron chi connectivity index (χ3n) is 6.55. The van der Waals surface area contributed by atoms with Gasteiger partial charge in [-0.3, -0.25) is 9.89 Å². The number of anilines is 1. The predicted octanol–water partition coefficient (Wildman–Crippen LogP) is 6.75. The maximum atomic E-state index is 13.1. The summed E-state index contributed by atoms with van der Waals surface area (Å²) in [7, 11) is 0. The molecule has 5 nitrogen and oxygen atoms in total. The molecule has 1 amide bonds. The molecule has 35 heavy (non-hydrogen) atoms. The summed E-state index contributed by atoms with van der Waals surface area (Å²) in [6.45, 7) is 2.75. The molecule has 2 aromatic carbocycles. The topological polar surface area (TPSA) is 61.0 Å². The molecule has 1 aromatic heterocycles. The fraction of sp³-hybridized carbons (Fsp3) is 0.360. The SMILES string of the molecule is C[C@H]1C[C@@H](N(Cl)C(=O)c2cccc(C(F)(F)F)c2)CC[C@@H]1CNc1cc(-c2ccc(F)cc2)[nH]n1. The number of hydrogen-bond donors (Lipinski definition) is 2. The molecule has 1 aliphatic rings. The summed E-state index contributed by atoms with van der Waals surface area (Å²) in [4.78, 5) is 12.7. The van der Waals surface area contributed by atoms with E-state index < -0.39 is 17.6 Å². The van der Waals surface area contributed by atoms with Crippen molar-refractivity contribution in [3.63, 3.8) is 0 Å². The first-order valence-electron chi connectivity index (χ1n) is 11.3. The third-order valence-corrected chi connectivity index (χ3v) is 6.98. The highest BCUT2D eigenvalue weighted by Crippen LogP contribution is 2.35. The van der Waals surface area contributed by atoms with Crippen molar-refractivity contribution in [2.45, 2.75) is 38.4 Å². The Morgan fingerprint density at radius 1 is 1.17 bits per heavy atom. The molecule has 3 atom stereocenters. The van der Waals surface area contributed by atoms with Crippen LogP contribution >= 0.6 is 11.8 Å². The Hall–Kier alpha value is -3.07. The Morgan fingerprint density at radius 2 is 1.91 bits per heavy atom. The van der Waals surface area contributed by atoms with Crippen LogP contribution in [-0.2, 0) is 6.18 Å². The molecule has 1 heterocycles. The van der Waals surface area contributed by atoms with Crippen molar-refractivity contribution in [3.05, 3.63) is 71.5 Å². The maximum Gasteiger partial charge on any atom is 0.416 e. The second-order valence-electron chi connectivity index (χ2n) is 8.95. The van der Waals surface area contributed by atoms with Crippen LogP contribution in [0, 0.1) is 17.7 Å². The van der Waals surface area contributed by atoms with Gasteiger partial charge in [0.05, 0.1) is 11.3 Å². The number of aromatic amines is 1. The molecule has 3 aromatic rings. The van der Waals surface area contributed by atoms with Crippen LogP contribution in [0.2, 0.25) is 0 Å². The lowest BCUT2D eigenvalue weighted by Gasteiger charge is -2.37. The van der Waals surface area contributed by atoms with Crippen LogP contribution < -0.4 is 5.32 Å². The minimum absolute atomic E-state index is 0.0817. The highest BCUT2D eigenvalue weighted by atomic mass is 35.5. The molecule has 1 aliphatic carbocycles. The zero-order valence-electron chi connectivity index (χ0n) is 18.9. The van der Waals surface area contributed by atoms with E-state index in [2.05, 4.69) is 22.4 Å². The molecule has 0 bridgehead atoms. The van der Waals surface area contributed by atoms with Crippen LogP contribution in [0.25, 0.3) is 11.3 Å². The first kappa shape index (κ1) is 25.0. The lowest BCUT2D eigenvalue weighted by molar-refractivity contribution is -0.137. The molecule has 10 heteroatoms. The first-order valence-corrected chi connectivity index (χ1v) is 11.7. The van der Waals surface area contributed by atoms with Crippen LogP contribution in [0.3, 0.4) is 0 Å². The van der Waals surface area contributed by atoms with Gasteiger partial charge in [-0.15, -0.1) is 0 Å². The van der Waals surface area contributed by atoms with Crippen molar-refractivity contribution < 1.29 is 22.4 Å². The Labute approximate surface area is 205 Å². The van der Waals surface area contributed by atoms with E-state index in [0.29, 0.717) is 31.1 Å². The van der Waals surface area contributed by atoms with E-state index in [9.17, 15) is 22.4 Å². The fourth-order valence-corrected chi connectivity index (χ4v) is 4.76. The molecule has 0 spiro atoms. The zero-order valence-corrected chi connectivity index (χ0v) is 19.7. The smallest absolute Gasteiger partial charge is 0.368 e. The Morgan fingerprint density at radius 3 is 2.60 bits per heavy atom. The lowest BCUT2D eigenvalue weighted by Crippen LogP contribution is -2.40. The van der Waals surface area contributed by atoms with E-state index in [1.165, 1.54) is 24.3 Å². The Balaban J connectivity index is 1.31. The normalized spacial score (nSPS) is 20.5. The predicted molar refractivity (Wildman–Crippen MR) is 126 cm³/mol. The van der Waals surface area contributed by atoms with Gasteiger partial charge in [0.15, 0.2) is 0 Å². The van der Waals surface area contributed by atoms with E-state index in [4.69, 9.17) is 11.8 Å². The van der Waals surface area contributed by atoms with Gasteiger partial charge in [0.25, 0.3) is 5.91 Å². The molecule has 0 aliphatic heterocycles. The molecule has 186 valence electrons. The Bertz CT molecular complexity index is 1160. The number of hydrogen-bond acceptors (Lipinski definition) is 3. The highest BCUT2D eigenvalue weighted by Gasteiger charge is 2.35. The number of H-pyrrole nitrogens is 1. The van der Waals surface area contributed by atoms with Crippen LogP contribution in [0.5, 0.6) is 0 Å². The zero-order chi connectivity index (χ0) is 25.2. The van der Waals surface area contributed by atoms with Crippen LogP contribution in [0.1, 0.15) is 42.1 Å². The summed E-state index contributed by atoms with van der Waals surface area (Å²) >= 11 is 6.32. The number of nitrogens with one attached hydrogen (secondary N) is 2. The minimum atomic E-state index is -4.53. The van der Waals surface area contributed by atoms with Gasteiger partial charge in [-0.1, -0.05) is 13.0 Å². The number of benzene rings is 2. The van der Waals surface area contributed by atoms with Crippen LogP contribution in [0.4, 0.5) is 23.4 Å².